The van der Waals surface area contributed by atoms with Crippen LogP contribution < -0.4 is 14.8 Å². The number of methoxy groups -OCH3 is 2. The number of carbonyl (C=O) groups excluding carboxylic acids is 2. The molecule has 1 amide bonds. The fraction of sp³-hybridized carbons (Fsp3) is 0.429. The molecule has 1 rings (SSSR count). The van der Waals surface area contributed by atoms with E-state index in [2.05, 4.69) is 5.32 Å². The Bertz CT molecular complexity index is 469. The zero-order chi connectivity index (χ0) is 14.4. The molecule has 0 atom stereocenters. The van der Waals surface area contributed by atoms with E-state index < -0.39 is 11.7 Å². The van der Waals surface area contributed by atoms with E-state index in [0.29, 0.717) is 18.0 Å². The lowest BCUT2D eigenvalue weighted by atomic mass is 10.1. The molecule has 0 aliphatic carbocycles. The second-order valence-electron chi connectivity index (χ2n) is 4.50. The number of hydrogen-bond acceptors (Lipinski definition) is 4. The summed E-state index contributed by atoms with van der Waals surface area (Å²) in [5, 5.41) is 2.58. The summed E-state index contributed by atoms with van der Waals surface area (Å²) in [6.07, 6.45) is 0. The van der Waals surface area contributed by atoms with E-state index in [1.165, 1.54) is 20.3 Å². The predicted octanol–water partition coefficient (Wildman–Crippen LogP) is 1.66. The molecule has 5 heteroatoms. The van der Waals surface area contributed by atoms with Crippen LogP contribution in [0.5, 0.6) is 11.5 Å². The topological polar surface area (TPSA) is 64.6 Å². The first kappa shape index (κ1) is 15.0. The van der Waals surface area contributed by atoms with Crippen LogP contribution in [0.2, 0.25) is 0 Å². The maximum absolute atomic E-state index is 12.0. The van der Waals surface area contributed by atoms with Crippen molar-refractivity contribution >= 4 is 11.7 Å². The number of hydrogen-bond donors (Lipinski definition) is 1. The minimum Gasteiger partial charge on any atom is -0.497 e. The first-order valence-corrected chi connectivity index (χ1v) is 6.04. The highest BCUT2D eigenvalue weighted by atomic mass is 16.5. The minimum absolute atomic E-state index is 0.226. The van der Waals surface area contributed by atoms with Gasteiger partial charge in [0.25, 0.3) is 11.7 Å². The van der Waals surface area contributed by atoms with Crippen molar-refractivity contribution in [1.29, 1.82) is 0 Å². The van der Waals surface area contributed by atoms with Crippen LogP contribution in [0.15, 0.2) is 18.2 Å². The van der Waals surface area contributed by atoms with Gasteiger partial charge in [-0.25, -0.2) is 0 Å². The van der Waals surface area contributed by atoms with E-state index in [1.54, 1.807) is 12.1 Å². The molecule has 0 radical (unpaired) electrons. The van der Waals surface area contributed by atoms with Crippen LogP contribution in [0.3, 0.4) is 0 Å². The second-order valence-corrected chi connectivity index (χ2v) is 4.50. The van der Waals surface area contributed by atoms with Gasteiger partial charge in [-0.2, -0.15) is 0 Å². The third-order valence-electron chi connectivity index (χ3n) is 2.53. The highest BCUT2D eigenvalue weighted by molar-refractivity contribution is 6.43. The van der Waals surface area contributed by atoms with Crippen molar-refractivity contribution < 1.29 is 19.1 Å². The van der Waals surface area contributed by atoms with Crippen molar-refractivity contribution in [3.63, 3.8) is 0 Å². The monoisotopic (exact) mass is 265 g/mol. The third-order valence-corrected chi connectivity index (χ3v) is 2.53. The molecule has 0 unspecified atom stereocenters. The summed E-state index contributed by atoms with van der Waals surface area (Å²) in [6, 6.07) is 4.71. The number of benzene rings is 1. The van der Waals surface area contributed by atoms with E-state index in [1.807, 2.05) is 13.8 Å². The quantitative estimate of drug-likeness (QED) is 0.627. The van der Waals surface area contributed by atoms with Crippen molar-refractivity contribution in [2.75, 3.05) is 20.8 Å². The fourth-order valence-electron chi connectivity index (χ4n) is 1.49. The molecule has 0 aromatic heterocycles. The van der Waals surface area contributed by atoms with Gasteiger partial charge in [0.2, 0.25) is 0 Å². The van der Waals surface area contributed by atoms with E-state index >= 15 is 0 Å². The Morgan fingerprint density at radius 2 is 1.89 bits per heavy atom. The van der Waals surface area contributed by atoms with Gasteiger partial charge in [0.1, 0.15) is 11.5 Å². The first-order valence-electron chi connectivity index (χ1n) is 6.04. The average molecular weight is 265 g/mol. The Hall–Kier alpha value is -2.04. The lowest BCUT2D eigenvalue weighted by Crippen LogP contribution is -2.33. The highest BCUT2D eigenvalue weighted by Crippen LogP contribution is 2.24. The molecule has 0 bridgehead atoms. The molecule has 1 N–H and O–H groups in total. The molecule has 1 aromatic carbocycles. The summed E-state index contributed by atoms with van der Waals surface area (Å²) >= 11 is 0. The van der Waals surface area contributed by atoms with Crippen LogP contribution >= 0.6 is 0 Å². The van der Waals surface area contributed by atoms with Gasteiger partial charge in [-0.15, -0.1) is 0 Å². The van der Waals surface area contributed by atoms with E-state index in [9.17, 15) is 9.59 Å². The first-order chi connectivity index (χ1) is 8.99. The Labute approximate surface area is 112 Å². The zero-order valence-electron chi connectivity index (χ0n) is 11.6. The van der Waals surface area contributed by atoms with Gasteiger partial charge in [0, 0.05) is 12.6 Å². The molecule has 1 aromatic rings. The highest BCUT2D eigenvalue weighted by Gasteiger charge is 2.20. The molecule has 0 aliphatic heterocycles. The molecule has 0 fully saturated rings. The van der Waals surface area contributed by atoms with Gasteiger partial charge in [-0.3, -0.25) is 9.59 Å². The van der Waals surface area contributed by atoms with Gasteiger partial charge in [-0.05, 0) is 18.1 Å². The minimum atomic E-state index is -0.628. The van der Waals surface area contributed by atoms with Crippen molar-refractivity contribution in [3.05, 3.63) is 23.8 Å². The molecule has 104 valence electrons. The Morgan fingerprint density at radius 1 is 1.21 bits per heavy atom. The Balaban J connectivity index is 2.89. The molecule has 0 saturated heterocycles. The second kappa shape index (κ2) is 6.78. The lowest BCUT2D eigenvalue weighted by Gasteiger charge is -2.10. The van der Waals surface area contributed by atoms with Gasteiger partial charge >= 0.3 is 0 Å². The van der Waals surface area contributed by atoms with Crippen LogP contribution in [-0.4, -0.2) is 32.5 Å². The number of carbonyl (C=O) groups is 2. The maximum Gasteiger partial charge on any atom is 0.292 e. The van der Waals surface area contributed by atoms with E-state index in [-0.39, 0.29) is 11.5 Å². The number of rotatable bonds is 6. The summed E-state index contributed by atoms with van der Waals surface area (Å²) < 4.78 is 10.1. The molecular weight excluding hydrogens is 246 g/mol. The van der Waals surface area contributed by atoms with Gasteiger partial charge in [-0.1, -0.05) is 13.8 Å². The van der Waals surface area contributed by atoms with Crippen LogP contribution in [-0.2, 0) is 4.79 Å². The van der Waals surface area contributed by atoms with Crippen LogP contribution in [0.25, 0.3) is 0 Å². The molecule has 0 heterocycles. The smallest absolute Gasteiger partial charge is 0.292 e. The molecule has 0 spiro atoms. The summed E-state index contributed by atoms with van der Waals surface area (Å²) in [4.78, 5) is 23.7. The van der Waals surface area contributed by atoms with Crippen LogP contribution in [0.1, 0.15) is 24.2 Å². The number of ketones is 1. The molecule has 0 saturated carbocycles. The van der Waals surface area contributed by atoms with Crippen molar-refractivity contribution in [2.24, 2.45) is 5.92 Å². The van der Waals surface area contributed by atoms with E-state index in [4.69, 9.17) is 9.47 Å². The fourth-order valence-corrected chi connectivity index (χ4v) is 1.49. The zero-order valence-corrected chi connectivity index (χ0v) is 11.6. The lowest BCUT2D eigenvalue weighted by molar-refractivity contribution is -0.117. The number of amides is 1. The standard InChI is InChI=1S/C14H19NO4/c1-9(2)8-15-14(17)13(16)11-6-5-10(18-3)7-12(11)19-4/h5-7,9H,8H2,1-4H3,(H,15,17). The largest absolute Gasteiger partial charge is 0.497 e. The normalized spacial score (nSPS) is 10.2. The molecule has 0 aliphatic rings. The summed E-state index contributed by atoms with van der Waals surface area (Å²) in [7, 11) is 2.96. The van der Waals surface area contributed by atoms with Crippen LogP contribution in [0, 0.1) is 5.92 Å². The molecule has 5 nitrogen and oxygen atoms in total. The number of nitrogens with one attached hydrogen (secondary N) is 1. The Morgan fingerprint density at radius 3 is 2.42 bits per heavy atom. The van der Waals surface area contributed by atoms with E-state index in [0.717, 1.165) is 0 Å². The number of ether oxygens (including phenoxy) is 2. The summed E-state index contributed by atoms with van der Waals surface area (Å²) in [5.41, 5.74) is 0.226. The maximum atomic E-state index is 12.0. The van der Waals surface area contributed by atoms with Gasteiger partial charge < -0.3 is 14.8 Å². The number of Topliss-reactive ketones (excluding diaryl/α,β-unsaturated/α-hetero) is 1. The van der Waals surface area contributed by atoms with Crippen molar-refractivity contribution in [2.45, 2.75) is 13.8 Å². The summed E-state index contributed by atoms with van der Waals surface area (Å²) in [5.74, 6) is -0.0631. The molecule has 19 heavy (non-hydrogen) atoms. The SMILES string of the molecule is COc1ccc(C(=O)C(=O)NCC(C)C)c(OC)c1. The predicted molar refractivity (Wildman–Crippen MR) is 71.7 cm³/mol. The van der Waals surface area contributed by atoms with Crippen molar-refractivity contribution in [1.82, 2.24) is 5.32 Å². The summed E-state index contributed by atoms with van der Waals surface area (Å²) in [6.45, 7) is 4.38. The van der Waals surface area contributed by atoms with Crippen molar-refractivity contribution in [3.8, 4) is 11.5 Å². The Kier molecular flexibility index (Phi) is 5.36. The van der Waals surface area contributed by atoms with Gasteiger partial charge in [0.15, 0.2) is 0 Å². The molecular formula is C14H19NO4. The average Bonchev–Trinajstić information content (AvgIpc) is 2.42. The third kappa shape index (κ3) is 3.98. The van der Waals surface area contributed by atoms with Crippen LogP contribution in [0.4, 0.5) is 0 Å². The van der Waals surface area contributed by atoms with Gasteiger partial charge in [0.05, 0.1) is 19.8 Å².